The molecule has 1 N–H and O–H groups in total. The Bertz CT molecular complexity index is 359. The Morgan fingerprint density at radius 1 is 1.35 bits per heavy atom. The fourth-order valence-electron chi connectivity index (χ4n) is 1.88. The van der Waals surface area contributed by atoms with Gasteiger partial charge in [-0.1, -0.05) is 0 Å². The number of ether oxygens (including phenoxy) is 1. The first kappa shape index (κ1) is 14.4. The molecule has 1 aliphatic heterocycles. The monoisotopic (exact) mass is 264 g/mol. The number of rotatable bonds is 4. The highest BCUT2D eigenvalue weighted by molar-refractivity contribution is 7.88. The van der Waals surface area contributed by atoms with Gasteiger partial charge in [-0.25, -0.2) is 13.1 Å². The normalized spacial score (nSPS) is 25.9. The van der Waals surface area contributed by atoms with Crippen molar-refractivity contribution in [3.8, 4) is 0 Å². The van der Waals surface area contributed by atoms with Crippen molar-refractivity contribution in [2.75, 3.05) is 25.9 Å². The molecule has 100 valence electrons. The maximum Gasteiger partial charge on any atom is 0.224 e. The molecule has 0 aromatic carbocycles. The maximum absolute atomic E-state index is 11.8. The number of sulfonamides is 1. The lowest BCUT2D eigenvalue weighted by atomic mass is 10.2. The Kier molecular flexibility index (Phi) is 4.91. The first-order chi connectivity index (χ1) is 7.78. The number of morpholine rings is 1. The summed E-state index contributed by atoms with van der Waals surface area (Å²) in [5.74, 6) is -0.0387. The zero-order valence-electron chi connectivity index (χ0n) is 10.5. The fraction of sp³-hybridized carbons (Fsp3) is 0.900. The van der Waals surface area contributed by atoms with Crippen molar-refractivity contribution < 1.29 is 17.9 Å². The summed E-state index contributed by atoms with van der Waals surface area (Å²) >= 11 is 0. The average molecular weight is 264 g/mol. The van der Waals surface area contributed by atoms with Crippen LogP contribution in [0.5, 0.6) is 0 Å². The van der Waals surface area contributed by atoms with Gasteiger partial charge in [0.05, 0.1) is 18.5 Å². The number of carbonyl (C=O) groups is 1. The standard InChI is InChI=1S/C10H20N2O4S/c1-8-6-12(7-9(2)16-8)10(13)4-5-11-17(3,14)15/h8-9,11H,4-7H2,1-3H3. The van der Waals surface area contributed by atoms with Crippen LogP contribution in [0.2, 0.25) is 0 Å². The van der Waals surface area contributed by atoms with Gasteiger partial charge in [-0.2, -0.15) is 0 Å². The molecule has 7 heteroatoms. The lowest BCUT2D eigenvalue weighted by Crippen LogP contribution is -2.48. The van der Waals surface area contributed by atoms with Gasteiger partial charge >= 0.3 is 0 Å². The Morgan fingerprint density at radius 2 is 1.88 bits per heavy atom. The Hall–Kier alpha value is -0.660. The van der Waals surface area contributed by atoms with Crippen LogP contribution in [-0.2, 0) is 19.6 Å². The molecule has 0 bridgehead atoms. The third-order valence-corrected chi connectivity index (χ3v) is 3.20. The van der Waals surface area contributed by atoms with E-state index in [2.05, 4.69) is 4.72 Å². The topological polar surface area (TPSA) is 75.7 Å². The van der Waals surface area contributed by atoms with E-state index in [1.807, 2.05) is 13.8 Å². The molecule has 2 atom stereocenters. The molecular weight excluding hydrogens is 244 g/mol. The van der Waals surface area contributed by atoms with Crippen molar-refractivity contribution in [3.05, 3.63) is 0 Å². The summed E-state index contributed by atoms with van der Waals surface area (Å²) in [4.78, 5) is 13.5. The van der Waals surface area contributed by atoms with Gasteiger partial charge < -0.3 is 9.64 Å². The largest absolute Gasteiger partial charge is 0.372 e. The SMILES string of the molecule is CC1CN(C(=O)CCNS(C)(=O)=O)CC(C)O1. The molecule has 1 fully saturated rings. The third kappa shape index (κ3) is 5.47. The number of hydrogen-bond acceptors (Lipinski definition) is 4. The van der Waals surface area contributed by atoms with Gasteiger partial charge in [0.15, 0.2) is 0 Å². The highest BCUT2D eigenvalue weighted by Gasteiger charge is 2.25. The molecule has 0 spiro atoms. The van der Waals surface area contributed by atoms with Crippen molar-refractivity contribution in [1.82, 2.24) is 9.62 Å². The maximum atomic E-state index is 11.8. The van der Waals surface area contributed by atoms with Crippen LogP contribution in [-0.4, -0.2) is 57.3 Å². The Labute approximate surface area is 102 Å². The number of nitrogens with zero attached hydrogens (tertiary/aromatic N) is 1. The first-order valence-electron chi connectivity index (χ1n) is 5.66. The zero-order valence-corrected chi connectivity index (χ0v) is 11.3. The van der Waals surface area contributed by atoms with E-state index in [9.17, 15) is 13.2 Å². The van der Waals surface area contributed by atoms with Crippen LogP contribution in [0.15, 0.2) is 0 Å². The molecule has 1 amide bonds. The summed E-state index contributed by atoms with van der Waals surface area (Å²) in [6, 6.07) is 0. The van der Waals surface area contributed by atoms with Gasteiger partial charge in [0.1, 0.15) is 0 Å². The van der Waals surface area contributed by atoms with Crippen LogP contribution in [0.25, 0.3) is 0 Å². The smallest absolute Gasteiger partial charge is 0.224 e. The average Bonchev–Trinajstić information content (AvgIpc) is 2.13. The highest BCUT2D eigenvalue weighted by Crippen LogP contribution is 2.11. The van der Waals surface area contributed by atoms with Crippen molar-refractivity contribution in [2.24, 2.45) is 0 Å². The Balaban J connectivity index is 2.37. The lowest BCUT2D eigenvalue weighted by molar-refractivity contribution is -0.143. The van der Waals surface area contributed by atoms with Crippen LogP contribution >= 0.6 is 0 Å². The summed E-state index contributed by atoms with van der Waals surface area (Å²) in [6.45, 7) is 5.14. The minimum atomic E-state index is -3.22. The zero-order chi connectivity index (χ0) is 13.1. The van der Waals surface area contributed by atoms with E-state index in [4.69, 9.17) is 4.74 Å². The van der Waals surface area contributed by atoms with E-state index >= 15 is 0 Å². The van der Waals surface area contributed by atoms with E-state index in [-0.39, 0.29) is 31.1 Å². The van der Waals surface area contributed by atoms with Crippen molar-refractivity contribution in [2.45, 2.75) is 32.5 Å². The van der Waals surface area contributed by atoms with Crippen molar-refractivity contribution in [1.29, 1.82) is 0 Å². The van der Waals surface area contributed by atoms with E-state index in [0.717, 1.165) is 6.26 Å². The molecule has 1 rings (SSSR count). The van der Waals surface area contributed by atoms with Crippen LogP contribution in [0, 0.1) is 0 Å². The summed E-state index contributed by atoms with van der Waals surface area (Å²) in [5, 5.41) is 0. The molecule has 0 aromatic rings. The fourth-order valence-corrected chi connectivity index (χ4v) is 2.36. The quantitative estimate of drug-likeness (QED) is 0.747. The third-order valence-electron chi connectivity index (χ3n) is 2.48. The van der Waals surface area contributed by atoms with E-state index < -0.39 is 10.0 Å². The summed E-state index contributed by atoms with van der Waals surface area (Å²) in [7, 11) is -3.22. The van der Waals surface area contributed by atoms with Gasteiger partial charge in [0.25, 0.3) is 0 Å². The molecule has 0 saturated carbocycles. The second kappa shape index (κ2) is 5.79. The van der Waals surface area contributed by atoms with Crippen molar-refractivity contribution >= 4 is 15.9 Å². The molecule has 1 heterocycles. The second-order valence-corrected chi connectivity index (χ2v) is 6.31. The predicted molar refractivity (Wildman–Crippen MR) is 64.1 cm³/mol. The van der Waals surface area contributed by atoms with Crippen LogP contribution in [0.3, 0.4) is 0 Å². The molecule has 6 nitrogen and oxygen atoms in total. The molecule has 0 radical (unpaired) electrons. The lowest BCUT2D eigenvalue weighted by Gasteiger charge is -2.35. The number of nitrogens with one attached hydrogen (secondary N) is 1. The van der Waals surface area contributed by atoms with Crippen LogP contribution in [0.1, 0.15) is 20.3 Å². The molecule has 0 aliphatic carbocycles. The van der Waals surface area contributed by atoms with E-state index in [1.165, 1.54) is 0 Å². The van der Waals surface area contributed by atoms with Gasteiger partial charge in [-0.15, -0.1) is 0 Å². The summed E-state index contributed by atoms with van der Waals surface area (Å²) in [6.07, 6.45) is 1.33. The van der Waals surface area contributed by atoms with Crippen molar-refractivity contribution in [3.63, 3.8) is 0 Å². The summed E-state index contributed by atoms with van der Waals surface area (Å²) < 4.78 is 29.5. The summed E-state index contributed by atoms with van der Waals surface area (Å²) in [5.41, 5.74) is 0. The molecular formula is C10H20N2O4S. The number of hydrogen-bond donors (Lipinski definition) is 1. The van der Waals surface area contributed by atoms with Crippen LogP contribution < -0.4 is 4.72 Å². The second-order valence-electron chi connectivity index (χ2n) is 4.47. The highest BCUT2D eigenvalue weighted by atomic mass is 32.2. The molecule has 1 aliphatic rings. The van der Waals surface area contributed by atoms with Gasteiger partial charge in [0, 0.05) is 26.1 Å². The predicted octanol–water partition coefficient (Wildman–Crippen LogP) is -0.438. The van der Waals surface area contributed by atoms with Gasteiger partial charge in [-0.05, 0) is 13.8 Å². The number of carbonyl (C=O) groups excluding carboxylic acids is 1. The number of amides is 1. The molecule has 2 unspecified atom stereocenters. The minimum Gasteiger partial charge on any atom is -0.372 e. The van der Waals surface area contributed by atoms with E-state index in [1.54, 1.807) is 4.90 Å². The minimum absolute atomic E-state index is 0.0329. The Morgan fingerprint density at radius 3 is 2.35 bits per heavy atom. The molecule has 1 saturated heterocycles. The molecule has 0 aromatic heterocycles. The first-order valence-corrected chi connectivity index (χ1v) is 7.55. The van der Waals surface area contributed by atoms with E-state index in [0.29, 0.717) is 13.1 Å². The van der Waals surface area contributed by atoms with Crippen LogP contribution in [0.4, 0.5) is 0 Å². The molecule has 17 heavy (non-hydrogen) atoms. The van der Waals surface area contributed by atoms with Gasteiger partial charge in [-0.3, -0.25) is 4.79 Å². The van der Waals surface area contributed by atoms with Gasteiger partial charge in [0.2, 0.25) is 15.9 Å².